The van der Waals surface area contributed by atoms with Gasteiger partial charge in [0, 0.05) is 19.8 Å². The maximum Gasteiger partial charge on any atom is 0.405 e. The summed E-state index contributed by atoms with van der Waals surface area (Å²) in [6.07, 6.45) is 0.622. The fraction of sp³-hybridized carbons (Fsp3) is 0.636. The van der Waals surface area contributed by atoms with Gasteiger partial charge in [-0.05, 0) is 0 Å². The van der Waals surface area contributed by atoms with Crippen LogP contribution in [-0.2, 0) is 14.3 Å². The molecule has 5 nitrogen and oxygen atoms in total. The molecule has 0 aromatic carbocycles. The highest BCUT2D eigenvalue weighted by Crippen LogP contribution is 2.34. The molecule has 1 fully saturated rings. The molecule has 20 heavy (non-hydrogen) atoms. The summed E-state index contributed by atoms with van der Waals surface area (Å²) >= 11 is 1.05. The van der Waals surface area contributed by atoms with E-state index in [1.807, 2.05) is 0 Å². The summed E-state index contributed by atoms with van der Waals surface area (Å²) in [5, 5.41) is 2.35. The van der Waals surface area contributed by atoms with Gasteiger partial charge in [0.05, 0.1) is 6.04 Å². The van der Waals surface area contributed by atoms with E-state index in [9.17, 15) is 18.0 Å². The quantitative estimate of drug-likeness (QED) is 0.790. The molecule has 0 aromatic heterocycles. The van der Waals surface area contributed by atoms with Gasteiger partial charge in [-0.3, -0.25) is 9.79 Å². The SMILES string of the molecule is CC(=O)OC[C@H]1[C][C]C2N=C(NCC(F)(F)F)SC2O1. The Hall–Kier alpha value is -0.960. The second-order valence-electron chi connectivity index (χ2n) is 4.05. The molecule has 0 bridgehead atoms. The van der Waals surface area contributed by atoms with E-state index in [2.05, 4.69) is 23.2 Å². The first kappa shape index (κ1) is 15.4. The maximum atomic E-state index is 12.1. The number of carbonyl (C=O) groups excluding carboxylic acids is 1. The minimum atomic E-state index is -4.30. The van der Waals surface area contributed by atoms with Crippen LogP contribution < -0.4 is 5.32 Å². The van der Waals surface area contributed by atoms with Crippen molar-refractivity contribution in [2.24, 2.45) is 4.99 Å². The number of nitrogens with one attached hydrogen (secondary N) is 1. The van der Waals surface area contributed by atoms with Crippen LogP contribution in [0.15, 0.2) is 4.99 Å². The number of ether oxygens (including phenoxy) is 2. The maximum absolute atomic E-state index is 12.1. The number of carbonyl (C=O) groups is 1. The monoisotopic (exact) mass is 308 g/mol. The number of rotatable bonds is 3. The second-order valence-corrected chi connectivity index (χ2v) is 5.14. The van der Waals surface area contributed by atoms with Crippen LogP contribution in [0.2, 0.25) is 0 Å². The molecule has 2 aliphatic rings. The van der Waals surface area contributed by atoms with Crippen LogP contribution in [0, 0.1) is 12.8 Å². The third-order valence-electron chi connectivity index (χ3n) is 2.31. The Labute approximate surface area is 118 Å². The average Bonchev–Trinajstić information content (AvgIpc) is 2.75. The fourth-order valence-electron chi connectivity index (χ4n) is 1.51. The Kier molecular flexibility index (Phi) is 4.79. The topological polar surface area (TPSA) is 59.9 Å². The van der Waals surface area contributed by atoms with Crippen molar-refractivity contribution in [2.45, 2.75) is 30.7 Å². The highest BCUT2D eigenvalue weighted by Gasteiger charge is 2.39. The van der Waals surface area contributed by atoms with Gasteiger partial charge in [-0.25, -0.2) is 0 Å². The predicted molar refractivity (Wildman–Crippen MR) is 64.7 cm³/mol. The van der Waals surface area contributed by atoms with E-state index < -0.39 is 36.3 Å². The van der Waals surface area contributed by atoms with E-state index >= 15 is 0 Å². The molecule has 110 valence electrons. The fourth-order valence-corrected chi connectivity index (χ4v) is 2.50. The van der Waals surface area contributed by atoms with Gasteiger partial charge in [-0.15, -0.1) is 0 Å². The molecule has 0 aromatic rings. The number of nitrogens with zero attached hydrogens (tertiary/aromatic N) is 1. The van der Waals surface area contributed by atoms with Crippen LogP contribution in [0.25, 0.3) is 0 Å². The lowest BCUT2D eigenvalue weighted by Gasteiger charge is -2.28. The number of amidine groups is 1. The lowest BCUT2D eigenvalue weighted by Crippen LogP contribution is -2.37. The van der Waals surface area contributed by atoms with E-state index in [0.29, 0.717) is 0 Å². The second kappa shape index (κ2) is 6.21. The number of hydrogen-bond donors (Lipinski definition) is 1. The summed E-state index contributed by atoms with van der Waals surface area (Å²) in [5.41, 5.74) is -0.479. The molecule has 2 rings (SSSR count). The van der Waals surface area contributed by atoms with Crippen molar-refractivity contribution in [3.8, 4) is 0 Å². The minimum absolute atomic E-state index is 0.00255. The summed E-state index contributed by atoms with van der Waals surface area (Å²) < 4.78 is 46.5. The Morgan fingerprint density at radius 1 is 1.55 bits per heavy atom. The van der Waals surface area contributed by atoms with Gasteiger partial charge in [0.15, 0.2) is 5.17 Å². The molecule has 0 aliphatic carbocycles. The number of halogens is 3. The van der Waals surface area contributed by atoms with Gasteiger partial charge in [-0.1, -0.05) is 11.8 Å². The van der Waals surface area contributed by atoms with Gasteiger partial charge in [0.25, 0.3) is 0 Å². The van der Waals surface area contributed by atoms with Crippen LogP contribution >= 0.6 is 11.8 Å². The number of thioether (sulfide) groups is 1. The van der Waals surface area contributed by atoms with Crippen LogP contribution in [0.3, 0.4) is 0 Å². The van der Waals surface area contributed by atoms with Gasteiger partial charge >= 0.3 is 12.1 Å². The number of fused-ring (bicyclic) bond motifs is 1. The van der Waals surface area contributed by atoms with Gasteiger partial charge < -0.3 is 14.8 Å². The summed E-state index contributed by atoms with van der Waals surface area (Å²) in [4.78, 5) is 14.7. The lowest BCUT2D eigenvalue weighted by molar-refractivity contribution is -0.145. The molecule has 2 aliphatic heterocycles. The van der Waals surface area contributed by atoms with Crippen molar-refractivity contribution < 1.29 is 27.4 Å². The Morgan fingerprint density at radius 2 is 2.30 bits per heavy atom. The van der Waals surface area contributed by atoms with Crippen molar-refractivity contribution in [2.75, 3.05) is 13.2 Å². The molecule has 3 atom stereocenters. The van der Waals surface area contributed by atoms with E-state index in [4.69, 9.17) is 9.47 Å². The largest absolute Gasteiger partial charge is 0.463 e. The smallest absolute Gasteiger partial charge is 0.405 e. The van der Waals surface area contributed by atoms with Crippen LogP contribution in [0.1, 0.15) is 6.92 Å². The molecule has 1 saturated heterocycles. The van der Waals surface area contributed by atoms with Crippen LogP contribution in [0.5, 0.6) is 0 Å². The molecule has 0 saturated carbocycles. The molecule has 2 unspecified atom stereocenters. The van der Waals surface area contributed by atoms with Gasteiger partial charge in [0.2, 0.25) is 0 Å². The Bertz CT molecular complexity index is 403. The standard InChI is InChI=1S/C11H11F3N2O3S/c1-6(17)18-4-7-2-3-8-9(19-7)20-10(16-8)15-5-11(12,13)14/h7-9H,4-5H2,1H3,(H,15,16)/t7-,8?,9?/m1/s1. The van der Waals surface area contributed by atoms with Crippen molar-refractivity contribution in [3.05, 3.63) is 12.8 Å². The minimum Gasteiger partial charge on any atom is -0.463 e. The molecular formula is C11H11F3N2O3S. The summed E-state index contributed by atoms with van der Waals surface area (Å²) in [6.45, 7) is 0.117. The normalized spacial score (nSPS) is 29.6. The molecule has 0 amide bonds. The van der Waals surface area contributed by atoms with Crippen molar-refractivity contribution >= 4 is 22.9 Å². The van der Waals surface area contributed by atoms with Crippen LogP contribution in [-0.4, -0.2) is 48.0 Å². The number of hydrogen-bond acceptors (Lipinski definition) is 6. The molecule has 2 heterocycles. The molecule has 9 heteroatoms. The molecule has 0 spiro atoms. The van der Waals surface area contributed by atoms with Gasteiger partial charge in [0.1, 0.15) is 24.7 Å². The van der Waals surface area contributed by atoms with E-state index in [-0.39, 0.29) is 11.8 Å². The third kappa shape index (κ3) is 4.55. The Balaban J connectivity index is 1.78. The Morgan fingerprint density at radius 3 is 2.95 bits per heavy atom. The lowest BCUT2D eigenvalue weighted by atomic mass is 10.1. The first-order chi connectivity index (χ1) is 9.33. The zero-order chi connectivity index (χ0) is 14.8. The highest BCUT2D eigenvalue weighted by molar-refractivity contribution is 8.14. The average molecular weight is 308 g/mol. The zero-order valence-electron chi connectivity index (χ0n) is 10.4. The van der Waals surface area contributed by atoms with Crippen LogP contribution in [0.4, 0.5) is 13.2 Å². The number of alkyl halides is 3. The summed E-state index contributed by atoms with van der Waals surface area (Å²) in [6, 6.07) is -0.496. The molecular weight excluding hydrogens is 297 g/mol. The third-order valence-corrected chi connectivity index (χ3v) is 3.38. The molecule has 4 radical (unpaired) electrons. The first-order valence-corrected chi connectivity index (χ1v) is 6.56. The zero-order valence-corrected chi connectivity index (χ0v) is 11.2. The predicted octanol–water partition coefficient (Wildman–Crippen LogP) is 1.06. The van der Waals surface area contributed by atoms with Crippen molar-refractivity contribution in [1.29, 1.82) is 0 Å². The van der Waals surface area contributed by atoms with Crippen molar-refractivity contribution in [1.82, 2.24) is 5.32 Å². The van der Waals surface area contributed by atoms with E-state index in [1.165, 1.54) is 6.92 Å². The van der Waals surface area contributed by atoms with E-state index in [1.54, 1.807) is 0 Å². The summed E-state index contributed by atoms with van der Waals surface area (Å²) in [5.74, 6) is -0.444. The first-order valence-electron chi connectivity index (χ1n) is 5.68. The van der Waals surface area contributed by atoms with E-state index in [0.717, 1.165) is 11.8 Å². The van der Waals surface area contributed by atoms with Gasteiger partial charge in [-0.2, -0.15) is 13.2 Å². The summed E-state index contributed by atoms with van der Waals surface area (Å²) in [7, 11) is 0. The molecule has 1 N–H and O–H groups in total. The number of aliphatic imine (C=N–C) groups is 1. The number of esters is 1. The highest BCUT2D eigenvalue weighted by atomic mass is 32.2. The van der Waals surface area contributed by atoms with Crippen molar-refractivity contribution in [3.63, 3.8) is 0 Å².